The molecule has 1 amide bonds. The normalized spacial score (nSPS) is 21.2. The number of imidazole rings is 1. The standard InChI is InChI=1S/C28H27ClN4O2/c1-3-33-25-6-4-5-22(29)21(25)15-26(33)28(34)32-11-12-35-27-10-8-18(13-20(27)16-32)19-7-9-23-24(14-19)31-17(2)30-23/h4-10,13-15,21,25H,3,11-12,16H2,1-2H3,(H,30,31). The molecule has 2 unspecified atom stereocenters. The first kappa shape index (κ1) is 22.0. The second-order valence-electron chi connectivity index (χ2n) is 9.24. The lowest BCUT2D eigenvalue weighted by Gasteiger charge is -2.32. The van der Waals surface area contributed by atoms with Crippen LogP contribution in [0.1, 0.15) is 18.3 Å². The number of hydrogen-bond acceptors (Lipinski definition) is 4. The van der Waals surface area contributed by atoms with Gasteiger partial charge in [-0.3, -0.25) is 4.79 Å². The minimum atomic E-state index is 0.0234. The number of amides is 1. The van der Waals surface area contributed by atoms with Crippen molar-refractivity contribution < 1.29 is 9.53 Å². The topological polar surface area (TPSA) is 61.5 Å². The first-order valence-corrected chi connectivity index (χ1v) is 12.4. The number of carbonyl (C=O) groups is 1. The van der Waals surface area contributed by atoms with E-state index in [9.17, 15) is 4.79 Å². The first-order valence-electron chi connectivity index (χ1n) is 12.1. The Balaban J connectivity index is 1.30. The lowest BCUT2D eigenvalue weighted by Crippen LogP contribution is -2.41. The number of H-pyrrole nitrogens is 1. The Hall–Kier alpha value is -3.51. The van der Waals surface area contributed by atoms with Crippen molar-refractivity contribution in [2.45, 2.75) is 26.4 Å². The summed E-state index contributed by atoms with van der Waals surface area (Å²) in [6.45, 7) is 6.27. The van der Waals surface area contributed by atoms with E-state index in [2.05, 4.69) is 52.1 Å². The molecule has 178 valence electrons. The monoisotopic (exact) mass is 486 g/mol. The van der Waals surface area contributed by atoms with Crippen LogP contribution in [0.4, 0.5) is 0 Å². The average Bonchev–Trinajstić information content (AvgIpc) is 3.35. The van der Waals surface area contributed by atoms with E-state index in [0.717, 1.165) is 56.6 Å². The lowest BCUT2D eigenvalue weighted by atomic mass is 9.97. The van der Waals surface area contributed by atoms with Gasteiger partial charge in [0.1, 0.15) is 18.2 Å². The average molecular weight is 487 g/mol. The van der Waals surface area contributed by atoms with Gasteiger partial charge in [0.2, 0.25) is 0 Å². The van der Waals surface area contributed by atoms with Gasteiger partial charge in [0, 0.05) is 29.6 Å². The second-order valence-corrected chi connectivity index (χ2v) is 9.68. The van der Waals surface area contributed by atoms with Gasteiger partial charge >= 0.3 is 0 Å². The van der Waals surface area contributed by atoms with Crippen LogP contribution < -0.4 is 4.74 Å². The van der Waals surface area contributed by atoms with Crippen LogP contribution in [0, 0.1) is 12.8 Å². The molecule has 3 aliphatic rings. The van der Waals surface area contributed by atoms with E-state index in [1.54, 1.807) is 0 Å². The third kappa shape index (κ3) is 3.82. The molecule has 0 saturated heterocycles. The van der Waals surface area contributed by atoms with E-state index in [0.29, 0.717) is 19.7 Å². The number of ether oxygens (including phenoxy) is 1. The van der Waals surface area contributed by atoms with Crippen molar-refractivity contribution in [3.05, 3.63) is 82.8 Å². The summed E-state index contributed by atoms with van der Waals surface area (Å²) in [4.78, 5) is 25.6. The highest BCUT2D eigenvalue weighted by atomic mass is 35.5. The van der Waals surface area contributed by atoms with Gasteiger partial charge in [-0.05, 0) is 61.4 Å². The number of aryl methyl sites for hydroxylation is 1. The van der Waals surface area contributed by atoms with Crippen LogP contribution in [0.2, 0.25) is 0 Å². The van der Waals surface area contributed by atoms with Gasteiger partial charge in [0.15, 0.2) is 0 Å². The summed E-state index contributed by atoms with van der Waals surface area (Å²) in [6, 6.07) is 12.5. The molecule has 6 rings (SSSR count). The molecule has 6 nitrogen and oxygen atoms in total. The highest BCUT2D eigenvalue weighted by Crippen LogP contribution is 2.38. The summed E-state index contributed by atoms with van der Waals surface area (Å²) >= 11 is 6.49. The van der Waals surface area contributed by atoms with Gasteiger partial charge in [-0.2, -0.15) is 0 Å². The molecule has 2 aliphatic heterocycles. The summed E-state index contributed by atoms with van der Waals surface area (Å²) in [5.74, 6) is 1.79. The van der Waals surface area contributed by atoms with Gasteiger partial charge in [-0.15, -0.1) is 0 Å². The molecule has 0 bridgehead atoms. The Bertz CT molecular complexity index is 1420. The van der Waals surface area contributed by atoms with Crippen molar-refractivity contribution in [3.8, 4) is 16.9 Å². The van der Waals surface area contributed by atoms with Gasteiger partial charge in [-0.1, -0.05) is 35.9 Å². The molecule has 7 heteroatoms. The van der Waals surface area contributed by atoms with Crippen LogP contribution in [0.15, 0.2) is 71.4 Å². The van der Waals surface area contributed by atoms with E-state index in [4.69, 9.17) is 16.3 Å². The van der Waals surface area contributed by atoms with E-state index >= 15 is 0 Å². The van der Waals surface area contributed by atoms with Gasteiger partial charge < -0.3 is 19.5 Å². The molecule has 1 N–H and O–H groups in total. The van der Waals surface area contributed by atoms with Crippen molar-refractivity contribution in [1.82, 2.24) is 19.8 Å². The summed E-state index contributed by atoms with van der Waals surface area (Å²) in [7, 11) is 0. The smallest absolute Gasteiger partial charge is 0.270 e. The number of aromatic nitrogens is 2. The minimum absolute atomic E-state index is 0.0234. The number of hydrogen-bond donors (Lipinski definition) is 1. The molecule has 0 radical (unpaired) electrons. The number of allylic oxidation sites excluding steroid dienone is 2. The molecule has 0 spiro atoms. The van der Waals surface area contributed by atoms with Crippen molar-refractivity contribution in [3.63, 3.8) is 0 Å². The Morgan fingerprint density at radius 2 is 2.06 bits per heavy atom. The van der Waals surface area contributed by atoms with Crippen molar-refractivity contribution in [2.75, 3.05) is 19.7 Å². The first-order chi connectivity index (χ1) is 17.0. The molecule has 0 saturated carbocycles. The maximum absolute atomic E-state index is 13.7. The SMILES string of the molecule is CCN1C(C(=O)N2CCOc3ccc(-c4ccc5nc(C)[nH]c5c4)cc3C2)=CC2C(Cl)=CC=CC21. The van der Waals surface area contributed by atoms with Crippen LogP contribution in [0.5, 0.6) is 5.75 Å². The quantitative estimate of drug-likeness (QED) is 0.555. The number of likely N-dealkylation sites (N-methyl/N-ethyl adjacent to an activating group) is 1. The lowest BCUT2D eigenvalue weighted by molar-refractivity contribution is -0.129. The fourth-order valence-corrected chi connectivity index (χ4v) is 5.62. The van der Waals surface area contributed by atoms with Crippen LogP contribution in [0.3, 0.4) is 0 Å². The Morgan fingerprint density at radius 1 is 1.23 bits per heavy atom. The van der Waals surface area contributed by atoms with Gasteiger partial charge in [0.25, 0.3) is 5.91 Å². The fraction of sp³-hybridized carbons (Fsp3) is 0.286. The molecular weight excluding hydrogens is 460 g/mol. The largest absolute Gasteiger partial charge is 0.491 e. The Morgan fingerprint density at radius 3 is 2.91 bits per heavy atom. The molecular formula is C28H27ClN4O2. The summed E-state index contributed by atoms with van der Waals surface area (Å²) in [6.07, 6.45) is 8.05. The second kappa shape index (κ2) is 8.61. The third-order valence-corrected chi connectivity index (χ3v) is 7.46. The van der Waals surface area contributed by atoms with Gasteiger partial charge in [-0.25, -0.2) is 4.98 Å². The molecule has 3 heterocycles. The molecule has 2 atom stereocenters. The number of rotatable bonds is 3. The molecule has 2 aromatic carbocycles. The van der Waals surface area contributed by atoms with Crippen LogP contribution >= 0.6 is 11.6 Å². The highest BCUT2D eigenvalue weighted by molar-refractivity contribution is 6.30. The number of halogens is 1. The minimum Gasteiger partial charge on any atom is -0.491 e. The van der Waals surface area contributed by atoms with Crippen LogP contribution in [-0.4, -0.2) is 51.4 Å². The van der Waals surface area contributed by atoms with Crippen molar-refractivity contribution in [2.24, 2.45) is 5.92 Å². The number of fused-ring (bicyclic) bond motifs is 3. The Labute approximate surface area is 209 Å². The molecule has 1 aromatic heterocycles. The number of benzene rings is 2. The van der Waals surface area contributed by atoms with Crippen LogP contribution in [0.25, 0.3) is 22.2 Å². The maximum Gasteiger partial charge on any atom is 0.270 e. The summed E-state index contributed by atoms with van der Waals surface area (Å²) in [5, 5.41) is 0.775. The predicted octanol–water partition coefficient (Wildman–Crippen LogP) is 5.16. The number of nitrogens with zero attached hydrogens (tertiary/aromatic N) is 3. The predicted molar refractivity (Wildman–Crippen MR) is 138 cm³/mol. The maximum atomic E-state index is 13.7. The molecule has 1 aliphatic carbocycles. The summed E-state index contributed by atoms with van der Waals surface area (Å²) < 4.78 is 6.04. The Kier molecular flexibility index (Phi) is 5.41. The van der Waals surface area contributed by atoms with E-state index in [1.165, 1.54) is 0 Å². The number of aromatic amines is 1. The zero-order valence-corrected chi connectivity index (χ0v) is 20.5. The van der Waals surface area contributed by atoms with Gasteiger partial charge in [0.05, 0.1) is 29.3 Å². The summed E-state index contributed by atoms with van der Waals surface area (Å²) in [5.41, 5.74) is 5.88. The van der Waals surface area contributed by atoms with E-state index in [-0.39, 0.29) is 17.9 Å². The number of nitrogens with one attached hydrogen (secondary N) is 1. The van der Waals surface area contributed by atoms with Crippen molar-refractivity contribution in [1.29, 1.82) is 0 Å². The van der Waals surface area contributed by atoms with Crippen molar-refractivity contribution >= 4 is 28.5 Å². The van der Waals surface area contributed by atoms with E-state index in [1.807, 2.05) is 42.2 Å². The fourth-order valence-electron chi connectivity index (χ4n) is 5.36. The molecule has 0 fully saturated rings. The zero-order valence-electron chi connectivity index (χ0n) is 19.8. The zero-order chi connectivity index (χ0) is 24.1. The van der Waals surface area contributed by atoms with E-state index < -0.39 is 0 Å². The van der Waals surface area contributed by atoms with Crippen LogP contribution in [-0.2, 0) is 11.3 Å². The third-order valence-electron chi connectivity index (χ3n) is 7.08. The molecule has 3 aromatic rings. The number of carbonyl (C=O) groups excluding carboxylic acids is 1. The molecule has 35 heavy (non-hydrogen) atoms. The highest BCUT2D eigenvalue weighted by Gasteiger charge is 2.39.